The van der Waals surface area contributed by atoms with E-state index in [9.17, 15) is 19.2 Å². The van der Waals surface area contributed by atoms with Crippen LogP contribution in [-0.4, -0.2) is 56.0 Å². The van der Waals surface area contributed by atoms with Crippen LogP contribution in [0.3, 0.4) is 0 Å². The summed E-state index contributed by atoms with van der Waals surface area (Å²) in [5, 5.41) is 7.62. The van der Waals surface area contributed by atoms with Gasteiger partial charge in [-0.3, -0.25) is 14.4 Å². The first kappa shape index (κ1) is 24.1. The van der Waals surface area contributed by atoms with Crippen molar-refractivity contribution in [3.8, 4) is 0 Å². The Balaban J connectivity index is 2.89. The highest BCUT2D eigenvalue weighted by Gasteiger charge is 2.28. The zero-order valence-corrected chi connectivity index (χ0v) is 17.1. The van der Waals surface area contributed by atoms with Crippen LogP contribution in [0.25, 0.3) is 0 Å². The van der Waals surface area contributed by atoms with E-state index in [1.54, 1.807) is 0 Å². The molecule has 29 heavy (non-hydrogen) atoms. The Morgan fingerprint density at radius 1 is 1.00 bits per heavy atom. The van der Waals surface area contributed by atoms with Gasteiger partial charge in [0.25, 0.3) is 0 Å². The normalized spacial score (nSPS) is 12.6. The van der Waals surface area contributed by atoms with Gasteiger partial charge in [0.05, 0.1) is 20.2 Å². The smallest absolute Gasteiger partial charge is 0.328 e. The third-order valence-electron chi connectivity index (χ3n) is 4.08. The lowest BCUT2D eigenvalue weighted by Crippen LogP contribution is -2.54. The molecule has 9 heteroatoms. The molecule has 0 radical (unpaired) electrons. The van der Waals surface area contributed by atoms with Gasteiger partial charge in [-0.15, -0.1) is 0 Å². The van der Waals surface area contributed by atoms with Crippen molar-refractivity contribution in [1.82, 2.24) is 16.0 Å². The maximum absolute atomic E-state index is 12.8. The fraction of sp³-hybridized carbons (Fsp3) is 0.500. The van der Waals surface area contributed by atoms with Crippen molar-refractivity contribution in [3.63, 3.8) is 0 Å². The summed E-state index contributed by atoms with van der Waals surface area (Å²) in [6.07, 6.45) is 0.621. The van der Waals surface area contributed by atoms with Gasteiger partial charge in [0.15, 0.2) is 0 Å². The average molecular weight is 406 g/mol. The molecule has 0 aliphatic heterocycles. The van der Waals surface area contributed by atoms with Crippen molar-refractivity contribution in [2.75, 3.05) is 20.2 Å². The van der Waals surface area contributed by atoms with Crippen LogP contribution in [0.4, 0.5) is 0 Å². The van der Waals surface area contributed by atoms with Crippen LogP contribution in [0.15, 0.2) is 30.3 Å². The molecule has 0 saturated heterocycles. The van der Waals surface area contributed by atoms with E-state index >= 15 is 0 Å². The number of hydrogen-bond acceptors (Lipinski definition) is 6. The van der Waals surface area contributed by atoms with Crippen LogP contribution in [0.1, 0.15) is 25.8 Å². The van der Waals surface area contributed by atoms with Gasteiger partial charge < -0.3 is 26.4 Å². The lowest BCUT2D eigenvalue weighted by Gasteiger charge is -2.23. The summed E-state index contributed by atoms with van der Waals surface area (Å²) in [6.45, 7) is 3.30. The van der Waals surface area contributed by atoms with Gasteiger partial charge in [-0.25, -0.2) is 4.79 Å². The van der Waals surface area contributed by atoms with Crippen molar-refractivity contribution >= 4 is 23.7 Å². The summed E-state index contributed by atoms with van der Waals surface area (Å²) in [7, 11) is 1.26. The van der Waals surface area contributed by atoms with Crippen molar-refractivity contribution in [3.05, 3.63) is 35.9 Å². The predicted octanol–water partition coefficient (Wildman–Crippen LogP) is -0.507. The minimum atomic E-state index is -0.931. The molecular formula is C20H30N4O5. The second-order valence-corrected chi connectivity index (χ2v) is 7.00. The average Bonchev–Trinajstić information content (AvgIpc) is 2.70. The Morgan fingerprint density at radius 2 is 1.66 bits per heavy atom. The van der Waals surface area contributed by atoms with Crippen molar-refractivity contribution in [2.45, 2.75) is 38.8 Å². The molecule has 0 aromatic heterocycles. The topological polar surface area (TPSA) is 140 Å². The highest BCUT2D eigenvalue weighted by molar-refractivity contribution is 5.92. The Labute approximate surface area is 170 Å². The lowest BCUT2D eigenvalue weighted by molar-refractivity contribution is -0.145. The number of nitrogens with two attached hydrogens (primary N) is 1. The number of rotatable bonds is 11. The molecule has 0 bridgehead atoms. The van der Waals surface area contributed by atoms with Gasteiger partial charge in [-0.2, -0.15) is 0 Å². The van der Waals surface area contributed by atoms with Crippen LogP contribution >= 0.6 is 0 Å². The standard InChI is InChI=1S/C20H30N4O5/c1-13(2)9-16(20(28)29-3)24-19(27)15(10-14-7-5-4-6-8-14)23-18(26)12-22-17(25)11-21/h4-8,13,15-16H,9-12,21H2,1-3H3,(H,22,25)(H,23,26)(H,24,27)/t15-,16-/m0/s1. The van der Waals surface area contributed by atoms with Gasteiger partial charge in [0, 0.05) is 6.42 Å². The number of methoxy groups -OCH3 is 1. The molecule has 3 amide bonds. The van der Waals surface area contributed by atoms with Crippen LogP contribution < -0.4 is 21.7 Å². The number of esters is 1. The molecule has 1 aromatic carbocycles. The highest BCUT2D eigenvalue weighted by Crippen LogP contribution is 2.08. The summed E-state index contributed by atoms with van der Waals surface area (Å²) >= 11 is 0. The Bertz CT molecular complexity index is 693. The number of carbonyl (C=O) groups is 4. The maximum Gasteiger partial charge on any atom is 0.328 e. The largest absolute Gasteiger partial charge is 0.467 e. The summed E-state index contributed by atoms with van der Waals surface area (Å²) in [5.74, 6) is -1.93. The second-order valence-electron chi connectivity index (χ2n) is 7.00. The number of benzene rings is 1. The van der Waals surface area contributed by atoms with E-state index in [2.05, 4.69) is 16.0 Å². The molecule has 2 atom stereocenters. The maximum atomic E-state index is 12.8. The highest BCUT2D eigenvalue weighted by atomic mass is 16.5. The van der Waals surface area contributed by atoms with Crippen LogP contribution in [0.5, 0.6) is 0 Å². The van der Waals surface area contributed by atoms with Crippen LogP contribution in [0, 0.1) is 5.92 Å². The first-order valence-electron chi connectivity index (χ1n) is 9.45. The number of amides is 3. The zero-order chi connectivity index (χ0) is 21.8. The van der Waals surface area contributed by atoms with Crippen LogP contribution in [0.2, 0.25) is 0 Å². The SMILES string of the molecule is COC(=O)[C@H](CC(C)C)NC(=O)[C@H](Cc1ccccc1)NC(=O)CNC(=O)CN. The molecule has 1 rings (SSSR count). The fourth-order valence-electron chi connectivity index (χ4n) is 2.66. The number of carbonyl (C=O) groups excluding carboxylic acids is 4. The van der Waals surface area contributed by atoms with E-state index in [1.807, 2.05) is 44.2 Å². The molecule has 1 aromatic rings. The zero-order valence-electron chi connectivity index (χ0n) is 17.1. The molecule has 5 N–H and O–H groups in total. The van der Waals surface area contributed by atoms with Gasteiger partial charge in [-0.05, 0) is 17.9 Å². The fourth-order valence-corrected chi connectivity index (χ4v) is 2.66. The van der Waals surface area contributed by atoms with E-state index in [-0.39, 0.29) is 25.4 Å². The summed E-state index contributed by atoms with van der Waals surface area (Å²) in [5.41, 5.74) is 6.03. The van der Waals surface area contributed by atoms with Gasteiger partial charge in [-0.1, -0.05) is 44.2 Å². The minimum Gasteiger partial charge on any atom is -0.467 e. The predicted molar refractivity (Wildman–Crippen MR) is 108 cm³/mol. The summed E-state index contributed by atoms with van der Waals surface area (Å²) < 4.78 is 4.77. The van der Waals surface area contributed by atoms with E-state index < -0.39 is 35.8 Å². The third-order valence-corrected chi connectivity index (χ3v) is 4.08. The molecule has 9 nitrogen and oxygen atoms in total. The summed E-state index contributed by atoms with van der Waals surface area (Å²) in [6, 6.07) is 7.39. The van der Waals surface area contributed by atoms with E-state index in [4.69, 9.17) is 10.5 Å². The van der Waals surface area contributed by atoms with Gasteiger partial charge >= 0.3 is 5.97 Å². The van der Waals surface area contributed by atoms with Crippen molar-refractivity contribution in [2.24, 2.45) is 11.7 Å². The number of nitrogens with one attached hydrogen (secondary N) is 3. The minimum absolute atomic E-state index is 0.146. The molecule has 0 unspecified atom stereocenters. The molecule has 160 valence electrons. The molecule has 0 aliphatic carbocycles. The Hall–Kier alpha value is -2.94. The van der Waals surface area contributed by atoms with Gasteiger partial charge in [0.2, 0.25) is 17.7 Å². The quantitative estimate of drug-likeness (QED) is 0.365. The lowest BCUT2D eigenvalue weighted by atomic mass is 10.0. The first-order valence-corrected chi connectivity index (χ1v) is 9.45. The van der Waals surface area contributed by atoms with Gasteiger partial charge in [0.1, 0.15) is 12.1 Å². The molecule has 0 fully saturated rings. The molecule has 0 spiro atoms. The Morgan fingerprint density at radius 3 is 2.21 bits per heavy atom. The first-order chi connectivity index (χ1) is 13.8. The summed E-state index contributed by atoms with van der Waals surface area (Å²) in [4.78, 5) is 48.3. The second kappa shape index (κ2) is 12.5. The van der Waals surface area contributed by atoms with E-state index in [1.165, 1.54) is 7.11 Å². The van der Waals surface area contributed by atoms with Crippen LogP contribution in [-0.2, 0) is 30.3 Å². The molecule has 0 heterocycles. The molecule has 0 aliphatic rings. The Kier molecular flexibility index (Phi) is 10.4. The van der Waals surface area contributed by atoms with E-state index in [0.717, 1.165) is 5.56 Å². The number of ether oxygens (including phenoxy) is 1. The van der Waals surface area contributed by atoms with E-state index in [0.29, 0.717) is 6.42 Å². The van der Waals surface area contributed by atoms with Crippen molar-refractivity contribution in [1.29, 1.82) is 0 Å². The monoisotopic (exact) mass is 406 g/mol. The molecule has 0 saturated carbocycles. The number of hydrogen-bond donors (Lipinski definition) is 4. The molecular weight excluding hydrogens is 376 g/mol. The third kappa shape index (κ3) is 9.20. The van der Waals surface area contributed by atoms with Crippen molar-refractivity contribution < 1.29 is 23.9 Å².